The molecule has 0 aromatic carbocycles. The lowest BCUT2D eigenvalue weighted by Gasteiger charge is -2.07. The topological polar surface area (TPSA) is 85.4 Å². The molecule has 0 spiro atoms. The van der Waals surface area contributed by atoms with E-state index in [1.807, 2.05) is 0 Å². The molecule has 0 radical (unpaired) electrons. The van der Waals surface area contributed by atoms with Crippen LogP contribution in [0.4, 0.5) is 5.69 Å². The van der Waals surface area contributed by atoms with E-state index < -0.39 is 5.97 Å². The minimum Gasteiger partial charge on any atom is -0.488 e. The van der Waals surface area contributed by atoms with Crippen LogP contribution in [0, 0.1) is 0 Å². The molecule has 1 aliphatic rings. The third-order valence-corrected chi connectivity index (χ3v) is 1.89. The standard InChI is InChI=1S/C9H10N2O3/c10-5-3-7(14-6-1-2-6)8(9(12)13)11-4-5/h3-4,6H,1-2,10H2,(H,12,13). The summed E-state index contributed by atoms with van der Waals surface area (Å²) in [4.78, 5) is 14.5. The highest BCUT2D eigenvalue weighted by Crippen LogP contribution is 2.29. The second kappa shape index (κ2) is 3.17. The summed E-state index contributed by atoms with van der Waals surface area (Å²) in [6.07, 6.45) is 3.38. The van der Waals surface area contributed by atoms with Gasteiger partial charge < -0.3 is 15.6 Å². The van der Waals surface area contributed by atoms with E-state index in [-0.39, 0.29) is 17.5 Å². The fourth-order valence-electron chi connectivity index (χ4n) is 1.08. The Bertz CT molecular complexity index is 374. The van der Waals surface area contributed by atoms with Crippen LogP contribution >= 0.6 is 0 Å². The number of nitrogens with two attached hydrogens (primary N) is 1. The van der Waals surface area contributed by atoms with Crippen LogP contribution < -0.4 is 10.5 Å². The number of carbonyl (C=O) groups is 1. The largest absolute Gasteiger partial charge is 0.488 e. The fourth-order valence-corrected chi connectivity index (χ4v) is 1.08. The van der Waals surface area contributed by atoms with Gasteiger partial charge in [0.15, 0.2) is 11.4 Å². The first-order chi connectivity index (χ1) is 6.66. The Morgan fingerprint density at radius 1 is 1.64 bits per heavy atom. The molecular weight excluding hydrogens is 184 g/mol. The Kier molecular flexibility index (Phi) is 1.99. The van der Waals surface area contributed by atoms with Crippen molar-refractivity contribution in [3.63, 3.8) is 0 Å². The number of hydrogen-bond acceptors (Lipinski definition) is 4. The van der Waals surface area contributed by atoms with Crippen molar-refractivity contribution >= 4 is 11.7 Å². The molecule has 0 aliphatic heterocycles. The number of aromatic carboxylic acids is 1. The summed E-state index contributed by atoms with van der Waals surface area (Å²) < 4.78 is 5.38. The zero-order valence-corrected chi connectivity index (χ0v) is 7.43. The van der Waals surface area contributed by atoms with Crippen LogP contribution in [0.1, 0.15) is 23.3 Å². The van der Waals surface area contributed by atoms with E-state index in [2.05, 4.69) is 4.98 Å². The van der Waals surface area contributed by atoms with Crippen molar-refractivity contribution in [1.82, 2.24) is 4.98 Å². The van der Waals surface area contributed by atoms with Crippen molar-refractivity contribution in [3.05, 3.63) is 18.0 Å². The Hall–Kier alpha value is -1.78. The van der Waals surface area contributed by atoms with Gasteiger partial charge in [-0.2, -0.15) is 0 Å². The van der Waals surface area contributed by atoms with Crippen LogP contribution in [-0.2, 0) is 0 Å². The maximum Gasteiger partial charge on any atom is 0.358 e. The summed E-state index contributed by atoms with van der Waals surface area (Å²) in [5.74, 6) is -0.833. The van der Waals surface area contributed by atoms with E-state index in [4.69, 9.17) is 15.6 Å². The minimum absolute atomic E-state index is 0.0777. The molecule has 2 rings (SSSR count). The van der Waals surface area contributed by atoms with Crippen LogP contribution in [0.5, 0.6) is 5.75 Å². The molecule has 1 fully saturated rings. The molecule has 1 aromatic heterocycles. The third kappa shape index (κ3) is 1.76. The number of nitrogens with zero attached hydrogens (tertiary/aromatic N) is 1. The predicted molar refractivity (Wildman–Crippen MR) is 49.3 cm³/mol. The van der Waals surface area contributed by atoms with Crippen molar-refractivity contribution < 1.29 is 14.6 Å². The van der Waals surface area contributed by atoms with Gasteiger partial charge in [0.25, 0.3) is 0 Å². The average Bonchev–Trinajstić information content (AvgIpc) is 2.87. The quantitative estimate of drug-likeness (QED) is 0.746. The number of anilines is 1. The monoisotopic (exact) mass is 194 g/mol. The Morgan fingerprint density at radius 2 is 2.36 bits per heavy atom. The summed E-state index contributed by atoms with van der Waals surface area (Å²) in [5.41, 5.74) is 5.82. The van der Waals surface area contributed by atoms with Crippen molar-refractivity contribution in [3.8, 4) is 5.75 Å². The molecule has 5 heteroatoms. The molecule has 1 heterocycles. The highest BCUT2D eigenvalue weighted by atomic mass is 16.5. The highest BCUT2D eigenvalue weighted by molar-refractivity contribution is 5.89. The van der Waals surface area contributed by atoms with E-state index in [0.717, 1.165) is 12.8 Å². The summed E-state index contributed by atoms with van der Waals surface area (Å²) in [6, 6.07) is 1.49. The van der Waals surface area contributed by atoms with Crippen LogP contribution in [0.25, 0.3) is 0 Å². The Balaban J connectivity index is 2.31. The molecule has 1 saturated carbocycles. The number of pyridine rings is 1. The second-order valence-corrected chi connectivity index (χ2v) is 3.24. The normalized spacial score (nSPS) is 15.1. The molecule has 0 saturated heterocycles. The lowest BCUT2D eigenvalue weighted by molar-refractivity contribution is 0.0685. The molecule has 74 valence electrons. The van der Waals surface area contributed by atoms with Crippen molar-refractivity contribution in [1.29, 1.82) is 0 Å². The molecule has 1 aromatic rings. The van der Waals surface area contributed by atoms with Gasteiger partial charge in [-0.05, 0) is 12.8 Å². The number of ether oxygens (including phenoxy) is 1. The SMILES string of the molecule is Nc1cnc(C(=O)O)c(OC2CC2)c1. The van der Waals surface area contributed by atoms with E-state index in [1.165, 1.54) is 12.3 Å². The number of aromatic nitrogens is 1. The van der Waals surface area contributed by atoms with Gasteiger partial charge in [-0.15, -0.1) is 0 Å². The van der Waals surface area contributed by atoms with Gasteiger partial charge in [-0.3, -0.25) is 0 Å². The maximum atomic E-state index is 10.8. The summed E-state index contributed by atoms with van der Waals surface area (Å²) >= 11 is 0. The zero-order chi connectivity index (χ0) is 10.1. The Labute approximate surface area is 80.5 Å². The Morgan fingerprint density at radius 3 is 2.93 bits per heavy atom. The van der Waals surface area contributed by atoms with E-state index >= 15 is 0 Å². The molecular formula is C9H10N2O3. The third-order valence-electron chi connectivity index (χ3n) is 1.89. The van der Waals surface area contributed by atoms with E-state index in [9.17, 15) is 4.79 Å². The van der Waals surface area contributed by atoms with Gasteiger partial charge in [0, 0.05) is 6.07 Å². The zero-order valence-electron chi connectivity index (χ0n) is 7.43. The van der Waals surface area contributed by atoms with E-state index in [0.29, 0.717) is 5.69 Å². The minimum atomic E-state index is -1.10. The first kappa shape index (κ1) is 8.80. The van der Waals surface area contributed by atoms with Crippen LogP contribution in [0.2, 0.25) is 0 Å². The fraction of sp³-hybridized carbons (Fsp3) is 0.333. The summed E-state index contributed by atoms with van der Waals surface area (Å²) in [5, 5.41) is 8.81. The van der Waals surface area contributed by atoms with Gasteiger partial charge in [0.2, 0.25) is 0 Å². The number of carboxylic acid groups (broad SMARTS) is 1. The molecule has 14 heavy (non-hydrogen) atoms. The number of carboxylic acids is 1. The van der Waals surface area contributed by atoms with Gasteiger partial charge in [-0.25, -0.2) is 9.78 Å². The van der Waals surface area contributed by atoms with Crippen LogP contribution in [-0.4, -0.2) is 22.2 Å². The summed E-state index contributed by atoms with van der Waals surface area (Å²) in [6.45, 7) is 0. The van der Waals surface area contributed by atoms with Crippen LogP contribution in [0.15, 0.2) is 12.3 Å². The summed E-state index contributed by atoms with van der Waals surface area (Å²) in [7, 11) is 0. The lowest BCUT2D eigenvalue weighted by atomic mass is 10.3. The first-order valence-corrected chi connectivity index (χ1v) is 4.32. The number of hydrogen-bond donors (Lipinski definition) is 2. The van der Waals surface area contributed by atoms with E-state index in [1.54, 1.807) is 0 Å². The first-order valence-electron chi connectivity index (χ1n) is 4.32. The predicted octanol–water partition coefficient (Wildman–Crippen LogP) is 0.903. The maximum absolute atomic E-state index is 10.8. The van der Waals surface area contributed by atoms with Gasteiger partial charge in [0.1, 0.15) is 0 Å². The highest BCUT2D eigenvalue weighted by Gasteiger charge is 2.26. The number of rotatable bonds is 3. The van der Waals surface area contributed by atoms with Crippen molar-refractivity contribution in [2.24, 2.45) is 0 Å². The number of nitrogen functional groups attached to an aromatic ring is 1. The molecule has 0 atom stereocenters. The van der Waals surface area contributed by atoms with Crippen molar-refractivity contribution in [2.45, 2.75) is 18.9 Å². The molecule has 0 amide bonds. The average molecular weight is 194 g/mol. The second-order valence-electron chi connectivity index (χ2n) is 3.24. The smallest absolute Gasteiger partial charge is 0.358 e. The molecule has 5 nitrogen and oxygen atoms in total. The van der Waals surface area contributed by atoms with Gasteiger partial charge in [0.05, 0.1) is 18.0 Å². The van der Waals surface area contributed by atoms with Gasteiger partial charge in [-0.1, -0.05) is 0 Å². The van der Waals surface area contributed by atoms with Crippen molar-refractivity contribution in [2.75, 3.05) is 5.73 Å². The molecule has 1 aliphatic carbocycles. The molecule has 3 N–H and O–H groups in total. The molecule has 0 bridgehead atoms. The van der Waals surface area contributed by atoms with Crippen LogP contribution in [0.3, 0.4) is 0 Å². The lowest BCUT2D eigenvalue weighted by Crippen LogP contribution is -2.07. The van der Waals surface area contributed by atoms with Gasteiger partial charge >= 0.3 is 5.97 Å². The molecule has 0 unspecified atom stereocenters.